The van der Waals surface area contributed by atoms with E-state index in [1.807, 2.05) is 0 Å². The normalized spacial score (nSPS) is 12.5. The molecular formula is C16H15NO6. The highest BCUT2D eigenvalue weighted by atomic mass is 16.5. The Morgan fingerprint density at radius 3 is 2.04 bits per heavy atom. The molecule has 0 aliphatic carbocycles. The van der Waals surface area contributed by atoms with E-state index < -0.39 is 17.8 Å². The van der Waals surface area contributed by atoms with Gasteiger partial charge in [0.1, 0.15) is 0 Å². The molecular weight excluding hydrogens is 302 g/mol. The number of amides is 2. The number of esters is 1. The van der Waals surface area contributed by atoms with E-state index in [9.17, 15) is 19.2 Å². The van der Waals surface area contributed by atoms with Crippen LogP contribution in [-0.2, 0) is 19.1 Å². The molecule has 2 amide bonds. The number of hydrogen-bond donors (Lipinski definition) is 2. The molecule has 0 fully saturated rings. The third-order valence-electron chi connectivity index (χ3n) is 2.73. The summed E-state index contributed by atoms with van der Waals surface area (Å²) in [7, 11) is 1.33. The van der Waals surface area contributed by atoms with Gasteiger partial charge in [-0.1, -0.05) is 18.7 Å². The van der Waals surface area contributed by atoms with E-state index in [1.165, 1.54) is 37.5 Å². The summed E-state index contributed by atoms with van der Waals surface area (Å²) >= 11 is 0. The van der Waals surface area contributed by atoms with Crippen LogP contribution in [0.4, 0.5) is 0 Å². The molecule has 1 heterocycles. The van der Waals surface area contributed by atoms with Crippen LogP contribution >= 0.6 is 0 Å². The molecule has 0 saturated heterocycles. The van der Waals surface area contributed by atoms with Gasteiger partial charge in [0.05, 0.1) is 18.2 Å². The number of carboxylic acids is 1. The summed E-state index contributed by atoms with van der Waals surface area (Å²) in [6, 6.07) is 5.75. The second kappa shape index (κ2) is 7.69. The molecule has 7 nitrogen and oxygen atoms in total. The second-order valence-electron chi connectivity index (χ2n) is 4.53. The molecule has 120 valence electrons. The van der Waals surface area contributed by atoms with Crippen LogP contribution in [0, 0.1) is 0 Å². The number of nitrogens with one attached hydrogen (secondary N) is 1. The molecule has 2 rings (SSSR count). The average Bonchev–Trinajstić information content (AvgIpc) is 2.85. The van der Waals surface area contributed by atoms with Crippen molar-refractivity contribution in [3.8, 4) is 0 Å². The summed E-state index contributed by atoms with van der Waals surface area (Å²) in [4.78, 5) is 43.0. The van der Waals surface area contributed by atoms with Crippen molar-refractivity contribution in [1.82, 2.24) is 5.32 Å². The highest BCUT2D eigenvalue weighted by molar-refractivity contribution is 6.33. The lowest BCUT2D eigenvalue weighted by atomic mass is 10.0. The van der Waals surface area contributed by atoms with Crippen LogP contribution < -0.4 is 5.32 Å². The Labute approximate surface area is 132 Å². The van der Waals surface area contributed by atoms with Gasteiger partial charge in [0.25, 0.3) is 11.8 Å². The zero-order valence-corrected chi connectivity index (χ0v) is 12.6. The first-order valence-electron chi connectivity index (χ1n) is 6.40. The first-order valence-corrected chi connectivity index (χ1v) is 6.40. The molecule has 0 aromatic heterocycles. The van der Waals surface area contributed by atoms with Gasteiger partial charge in [-0.15, -0.1) is 0 Å². The summed E-state index contributed by atoms with van der Waals surface area (Å²) in [5, 5.41) is 10.8. The molecule has 1 aliphatic rings. The van der Waals surface area contributed by atoms with Crippen LogP contribution in [0.15, 0.2) is 42.5 Å². The number of carboxylic acid groups (broad SMARTS) is 1. The van der Waals surface area contributed by atoms with Gasteiger partial charge in [0, 0.05) is 11.6 Å². The smallest absolute Gasteiger partial charge is 0.335 e. The van der Waals surface area contributed by atoms with E-state index in [4.69, 9.17) is 5.11 Å². The number of aromatic carboxylic acids is 1. The largest absolute Gasteiger partial charge is 0.478 e. The fourth-order valence-electron chi connectivity index (χ4n) is 1.59. The minimum Gasteiger partial charge on any atom is -0.478 e. The van der Waals surface area contributed by atoms with Gasteiger partial charge in [0.15, 0.2) is 0 Å². The summed E-state index contributed by atoms with van der Waals surface area (Å²) in [6.45, 7) is 4.95. The lowest BCUT2D eigenvalue weighted by Gasteiger charge is -2.00. The zero-order chi connectivity index (χ0) is 17.6. The van der Waals surface area contributed by atoms with E-state index >= 15 is 0 Å². The molecule has 1 aromatic carbocycles. The Hall–Kier alpha value is -3.22. The van der Waals surface area contributed by atoms with E-state index in [0.29, 0.717) is 11.1 Å². The van der Waals surface area contributed by atoms with Gasteiger partial charge in [0.2, 0.25) is 0 Å². The highest BCUT2D eigenvalue weighted by Crippen LogP contribution is 2.18. The standard InChI is InChI=1S/C11H7NO4.C5H8O2/c13-9-5-8(10(14)12-9)6-1-3-7(4-2-6)11(15)16;1-4(2)5(6)7-3/h1-5H,(H,15,16)(H,12,13,14);1H2,2-3H3. The topological polar surface area (TPSA) is 110 Å². The highest BCUT2D eigenvalue weighted by Gasteiger charge is 2.21. The Balaban J connectivity index is 0.000000322. The fraction of sp³-hybridized carbons (Fsp3) is 0.125. The molecule has 0 atom stereocenters. The summed E-state index contributed by atoms with van der Waals surface area (Å²) in [5.74, 6) is -2.30. The monoisotopic (exact) mass is 317 g/mol. The fourth-order valence-corrected chi connectivity index (χ4v) is 1.59. The van der Waals surface area contributed by atoms with E-state index in [2.05, 4.69) is 16.6 Å². The number of hydrogen-bond acceptors (Lipinski definition) is 5. The van der Waals surface area contributed by atoms with Crippen LogP contribution in [-0.4, -0.2) is 36.0 Å². The maximum absolute atomic E-state index is 11.3. The summed E-state index contributed by atoms with van der Waals surface area (Å²) in [6.07, 6.45) is 1.19. The van der Waals surface area contributed by atoms with Crippen LogP contribution in [0.1, 0.15) is 22.8 Å². The van der Waals surface area contributed by atoms with E-state index in [-0.39, 0.29) is 17.1 Å². The van der Waals surface area contributed by atoms with Crippen molar-refractivity contribution in [1.29, 1.82) is 0 Å². The number of ether oxygens (including phenoxy) is 1. The molecule has 23 heavy (non-hydrogen) atoms. The average molecular weight is 317 g/mol. The first-order chi connectivity index (χ1) is 10.8. The Bertz CT molecular complexity index is 700. The van der Waals surface area contributed by atoms with Gasteiger partial charge in [-0.05, 0) is 24.6 Å². The number of carbonyl (C=O) groups is 4. The number of imide groups is 1. The molecule has 1 aliphatic heterocycles. The number of benzene rings is 1. The van der Waals surface area contributed by atoms with Crippen molar-refractivity contribution in [3.05, 3.63) is 53.6 Å². The second-order valence-corrected chi connectivity index (χ2v) is 4.53. The maximum Gasteiger partial charge on any atom is 0.335 e. The minimum atomic E-state index is -1.03. The van der Waals surface area contributed by atoms with Crippen LogP contribution in [0.3, 0.4) is 0 Å². The maximum atomic E-state index is 11.3. The predicted octanol–water partition coefficient (Wildman–Crippen LogP) is 1.16. The van der Waals surface area contributed by atoms with Gasteiger partial charge in [-0.3, -0.25) is 14.9 Å². The molecule has 0 radical (unpaired) electrons. The van der Waals surface area contributed by atoms with Crippen molar-refractivity contribution >= 4 is 29.3 Å². The quantitative estimate of drug-likeness (QED) is 0.492. The Morgan fingerprint density at radius 1 is 1.17 bits per heavy atom. The summed E-state index contributed by atoms with van der Waals surface area (Å²) < 4.78 is 4.27. The van der Waals surface area contributed by atoms with Crippen molar-refractivity contribution in [2.24, 2.45) is 0 Å². The third-order valence-corrected chi connectivity index (χ3v) is 2.73. The molecule has 0 bridgehead atoms. The van der Waals surface area contributed by atoms with Crippen LogP contribution in [0.5, 0.6) is 0 Å². The van der Waals surface area contributed by atoms with Gasteiger partial charge in [-0.2, -0.15) is 0 Å². The van der Waals surface area contributed by atoms with Gasteiger partial charge >= 0.3 is 11.9 Å². The van der Waals surface area contributed by atoms with Crippen molar-refractivity contribution < 1.29 is 29.0 Å². The van der Waals surface area contributed by atoms with Crippen molar-refractivity contribution in [2.75, 3.05) is 7.11 Å². The number of methoxy groups -OCH3 is 1. The number of carbonyl (C=O) groups excluding carboxylic acids is 3. The Kier molecular flexibility index (Phi) is 5.96. The first kappa shape index (κ1) is 17.8. The number of rotatable bonds is 3. The lowest BCUT2D eigenvalue weighted by Crippen LogP contribution is -2.21. The lowest BCUT2D eigenvalue weighted by molar-refractivity contribution is -0.136. The molecule has 2 N–H and O–H groups in total. The molecule has 7 heteroatoms. The molecule has 0 spiro atoms. The SMILES string of the molecule is C=C(C)C(=O)OC.O=C1C=C(c2ccc(C(=O)O)cc2)C(=O)N1. The van der Waals surface area contributed by atoms with Crippen molar-refractivity contribution in [2.45, 2.75) is 6.92 Å². The predicted molar refractivity (Wildman–Crippen MR) is 81.4 cm³/mol. The summed E-state index contributed by atoms with van der Waals surface area (Å²) in [5.41, 5.74) is 1.34. The van der Waals surface area contributed by atoms with Crippen LogP contribution in [0.25, 0.3) is 5.57 Å². The molecule has 0 saturated carbocycles. The van der Waals surface area contributed by atoms with Gasteiger partial charge < -0.3 is 9.84 Å². The van der Waals surface area contributed by atoms with Gasteiger partial charge in [-0.25, -0.2) is 9.59 Å². The minimum absolute atomic E-state index is 0.133. The van der Waals surface area contributed by atoms with Crippen LogP contribution in [0.2, 0.25) is 0 Å². The van der Waals surface area contributed by atoms with E-state index in [1.54, 1.807) is 6.92 Å². The molecule has 1 aromatic rings. The zero-order valence-electron chi connectivity index (χ0n) is 12.6. The third kappa shape index (κ3) is 4.92. The Morgan fingerprint density at radius 2 is 1.74 bits per heavy atom. The molecule has 0 unspecified atom stereocenters. The van der Waals surface area contributed by atoms with Crippen molar-refractivity contribution in [3.63, 3.8) is 0 Å². The van der Waals surface area contributed by atoms with E-state index in [0.717, 1.165) is 0 Å².